The van der Waals surface area contributed by atoms with Crippen molar-refractivity contribution < 1.29 is 9.21 Å². The molecule has 0 atom stereocenters. The fourth-order valence-corrected chi connectivity index (χ4v) is 4.88. The predicted molar refractivity (Wildman–Crippen MR) is 128 cm³/mol. The van der Waals surface area contributed by atoms with Gasteiger partial charge in [0.2, 0.25) is 5.91 Å². The number of benzene rings is 1. The quantitative estimate of drug-likeness (QED) is 0.476. The highest BCUT2D eigenvalue weighted by molar-refractivity contribution is 6.33. The Hall–Kier alpha value is -2.12. The Morgan fingerprint density at radius 1 is 1.06 bits per heavy atom. The van der Waals surface area contributed by atoms with Crippen molar-refractivity contribution in [2.45, 2.75) is 64.2 Å². The van der Waals surface area contributed by atoms with Gasteiger partial charge in [-0.1, -0.05) is 42.4 Å². The number of piperidine rings is 1. The molecule has 7 nitrogen and oxygen atoms in total. The molecule has 1 aromatic heterocycles. The van der Waals surface area contributed by atoms with E-state index in [1.54, 1.807) is 6.07 Å². The van der Waals surface area contributed by atoms with E-state index in [2.05, 4.69) is 25.7 Å². The fraction of sp³-hybridized carbons (Fsp3) is 0.625. The number of amides is 1. The van der Waals surface area contributed by atoms with Gasteiger partial charge in [-0.3, -0.25) is 4.79 Å². The Bertz CT molecular complexity index is 875. The molecule has 1 aliphatic heterocycles. The largest absolute Gasteiger partial charge is 0.403 e. The number of halogens is 1. The first-order valence-electron chi connectivity index (χ1n) is 12.1. The minimum atomic E-state index is 0.0816. The van der Waals surface area contributed by atoms with Crippen LogP contribution in [0.3, 0.4) is 0 Å². The van der Waals surface area contributed by atoms with E-state index in [9.17, 15) is 4.79 Å². The zero-order chi connectivity index (χ0) is 22.2. The van der Waals surface area contributed by atoms with Crippen molar-refractivity contribution in [3.8, 4) is 11.5 Å². The third-order valence-corrected chi connectivity index (χ3v) is 6.81. The minimum Gasteiger partial charge on any atom is -0.403 e. The van der Waals surface area contributed by atoms with Crippen LogP contribution in [0.5, 0.6) is 0 Å². The van der Waals surface area contributed by atoms with E-state index in [0.29, 0.717) is 28.2 Å². The molecule has 1 aliphatic carbocycles. The van der Waals surface area contributed by atoms with Crippen molar-refractivity contribution in [2.24, 2.45) is 5.92 Å². The molecule has 8 heteroatoms. The molecule has 1 saturated heterocycles. The maximum absolute atomic E-state index is 12.5. The summed E-state index contributed by atoms with van der Waals surface area (Å²) in [5.74, 6) is 0.556. The van der Waals surface area contributed by atoms with Gasteiger partial charge in [-0.05, 0) is 76.4 Å². The van der Waals surface area contributed by atoms with Gasteiger partial charge in [0.1, 0.15) is 0 Å². The first-order valence-corrected chi connectivity index (χ1v) is 12.5. The van der Waals surface area contributed by atoms with Gasteiger partial charge < -0.3 is 20.0 Å². The maximum atomic E-state index is 12.5. The molecule has 0 unspecified atom stereocenters. The minimum absolute atomic E-state index is 0.0816. The van der Waals surface area contributed by atoms with Crippen LogP contribution in [-0.4, -0.2) is 47.2 Å². The molecule has 4 rings (SSSR count). The molecular formula is C24H34ClN5O2. The molecule has 0 spiro atoms. The van der Waals surface area contributed by atoms with Crippen LogP contribution in [0, 0.1) is 5.92 Å². The third-order valence-electron chi connectivity index (χ3n) is 6.49. The Labute approximate surface area is 195 Å². The predicted octanol–water partition coefficient (Wildman–Crippen LogP) is 5.59. The number of hydrogen-bond acceptors (Lipinski definition) is 6. The van der Waals surface area contributed by atoms with E-state index >= 15 is 0 Å². The van der Waals surface area contributed by atoms with Gasteiger partial charge in [-0.25, -0.2) is 0 Å². The molecule has 2 fully saturated rings. The SMILES string of the molecule is O=C(Nc1ccc(-c2nnc(NCCCCN3CCCCC3)o2)c(Cl)c1)C1CCCCC1. The van der Waals surface area contributed by atoms with E-state index in [1.807, 2.05) is 12.1 Å². The third kappa shape index (κ3) is 6.45. The highest BCUT2D eigenvalue weighted by atomic mass is 35.5. The summed E-state index contributed by atoms with van der Waals surface area (Å²) in [7, 11) is 0. The number of hydrogen-bond donors (Lipinski definition) is 2. The van der Waals surface area contributed by atoms with Crippen molar-refractivity contribution in [2.75, 3.05) is 36.8 Å². The molecule has 0 radical (unpaired) electrons. The van der Waals surface area contributed by atoms with Crippen LogP contribution in [0.1, 0.15) is 64.2 Å². The van der Waals surface area contributed by atoms with Crippen molar-refractivity contribution in [1.82, 2.24) is 15.1 Å². The molecule has 2 aliphatic rings. The van der Waals surface area contributed by atoms with E-state index in [0.717, 1.165) is 51.6 Å². The Kier molecular flexibility index (Phi) is 8.40. The van der Waals surface area contributed by atoms with Crippen LogP contribution in [0.4, 0.5) is 11.7 Å². The van der Waals surface area contributed by atoms with Crippen LogP contribution in [-0.2, 0) is 4.79 Å². The smallest absolute Gasteiger partial charge is 0.315 e. The summed E-state index contributed by atoms with van der Waals surface area (Å²) in [5.41, 5.74) is 1.36. The summed E-state index contributed by atoms with van der Waals surface area (Å²) in [6, 6.07) is 5.80. The average Bonchev–Trinajstić information content (AvgIpc) is 3.29. The number of aromatic nitrogens is 2. The Balaban J connectivity index is 1.24. The van der Waals surface area contributed by atoms with E-state index in [4.69, 9.17) is 16.0 Å². The first kappa shape index (κ1) is 23.1. The second-order valence-corrected chi connectivity index (χ2v) is 9.37. The van der Waals surface area contributed by atoms with Crippen molar-refractivity contribution in [1.29, 1.82) is 0 Å². The van der Waals surface area contributed by atoms with Crippen LogP contribution in [0.2, 0.25) is 5.02 Å². The number of nitrogens with one attached hydrogen (secondary N) is 2. The Morgan fingerprint density at radius 2 is 1.84 bits per heavy atom. The van der Waals surface area contributed by atoms with E-state index in [-0.39, 0.29) is 11.8 Å². The summed E-state index contributed by atoms with van der Waals surface area (Å²) in [6.45, 7) is 4.44. The average molecular weight is 460 g/mol. The van der Waals surface area contributed by atoms with Crippen LogP contribution >= 0.6 is 11.6 Å². The summed E-state index contributed by atoms with van der Waals surface area (Å²) < 4.78 is 5.75. The standard InChI is InChI=1S/C24H34ClN5O2/c25-21-17-19(27-22(31)18-9-3-1-4-10-18)11-12-20(21)23-28-29-24(32-23)26-13-5-8-16-30-14-6-2-7-15-30/h11-12,17-18H,1-10,13-16H2,(H,26,29)(H,27,31). The van der Waals surface area contributed by atoms with Gasteiger partial charge in [-0.15, -0.1) is 5.10 Å². The topological polar surface area (TPSA) is 83.3 Å². The summed E-state index contributed by atoms with van der Waals surface area (Å²) >= 11 is 6.46. The zero-order valence-electron chi connectivity index (χ0n) is 18.7. The Morgan fingerprint density at radius 3 is 2.62 bits per heavy atom. The second-order valence-electron chi connectivity index (χ2n) is 8.97. The molecule has 1 saturated carbocycles. The molecule has 174 valence electrons. The van der Waals surface area contributed by atoms with E-state index in [1.165, 1.54) is 38.8 Å². The molecule has 2 aromatic rings. The molecule has 0 bridgehead atoms. The lowest BCUT2D eigenvalue weighted by molar-refractivity contribution is -0.120. The number of rotatable bonds is 9. The molecule has 32 heavy (non-hydrogen) atoms. The fourth-order valence-electron chi connectivity index (χ4n) is 4.62. The molecular weight excluding hydrogens is 426 g/mol. The van der Waals surface area contributed by atoms with Gasteiger partial charge in [0.15, 0.2) is 0 Å². The van der Waals surface area contributed by atoms with Gasteiger partial charge in [-0.2, -0.15) is 0 Å². The normalized spacial score (nSPS) is 17.9. The zero-order valence-corrected chi connectivity index (χ0v) is 19.5. The van der Waals surface area contributed by atoms with Gasteiger partial charge in [0, 0.05) is 18.2 Å². The van der Waals surface area contributed by atoms with Gasteiger partial charge in [0.25, 0.3) is 5.89 Å². The molecule has 2 N–H and O–H groups in total. The number of nitrogens with zero attached hydrogens (tertiary/aromatic N) is 3. The van der Waals surface area contributed by atoms with E-state index < -0.39 is 0 Å². The maximum Gasteiger partial charge on any atom is 0.315 e. The van der Waals surface area contributed by atoms with Crippen LogP contribution < -0.4 is 10.6 Å². The van der Waals surface area contributed by atoms with Crippen molar-refractivity contribution in [3.63, 3.8) is 0 Å². The highest BCUT2D eigenvalue weighted by Gasteiger charge is 2.21. The summed E-state index contributed by atoms with van der Waals surface area (Å²) in [6.07, 6.45) is 11.7. The lowest BCUT2D eigenvalue weighted by Gasteiger charge is -2.26. The van der Waals surface area contributed by atoms with Crippen LogP contribution in [0.25, 0.3) is 11.5 Å². The number of likely N-dealkylation sites (tertiary alicyclic amines) is 1. The van der Waals surface area contributed by atoms with Crippen LogP contribution in [0.15, 0.2) is 22.6 Å². The molecule has 1 amide bonds. The number of carbonyl (C=O) groups is 1. The highest BCUT2D eigenvalue weighted by Crippen LogP contribution is 2.31. The lowest BCUT2D eigenvalue weighted by atomic mass is 9.88. The van der Waals surface area contributed by atoms with Crippen molar-refractivity contribution >= 4 is 29.2 Å². The second kappa shape index (κ2) is 11.7. The monoisotopic (exact) mass is 459 g/mol. The summed E-state index contributed by atoms with van der Waals surface area (Å²) in [5, 5.41) is 14.9. The number of carbonyl (C=O) groups excluding carboxylic acids is 1. The molecule has 2 heterocycles. The molecule has 1 aromatic carbocycles. The number of anilines is 2. The first-order chi connectivity index (χ1) is 15.7. The van der Waals surface area contributed by atoms with Gasteiger partial charge in [0.05, 0.1) is 10.6 Å². The van der Waals surface area contributed by atoms with Gasteiger partial charge >= 0.3 is 6.01 Å². The summed E-state index contributed by atoms with van der Waals surface area (Å²) in [4.78, 5) is 15.0. The van der Waals surface area contributed by atoms with Crippen molar-refractivity contribution in [3.05, 3.63) is 23.2 Å². The lowest BCUT2D eigenvalue weighted by Crippen LogP contribution is -2.30. The number of unbranched alkanes of at least 4 members (excludes halogenated alkanes) is 1.